The van der Waals surface area contributed by atoms with E-state index in [9.17, 15) is 19.6 Å². The Kier molecular flexibility index (Phi) is 8.32. The summed E-state index contributed by atoms with van der Waals surface area (Å²) in [6, 6.07) is 15.5. The van der Waals surface area contributed by atoms with Crippen molar-refractivity contribution in [1.29, 1.82) is 0 Å². The number of amides is 2. The van der Waals surface area contributed by atoms with Crippen molar-refractivity contribution in [2.24, 2.45) is 11.8 Å². The average molecular weight is 450 g/mol. The topological polar surface area (TPSA) is 98.7 Å². The Labute approximate surface area is 196 Å². The van der Waals surface area contributed by atoms with Crippen LogP contribution in [0.5, 0.6) is 0 Å². The van der Waals surface area contributed by atoms with Crippen LogP contribution in [0.25, 0.3) is 11.1 Å². The van der Waals surface area contributed by atoms with Gasteiger partial charge >= 0.3 is 7.12 Å². The monoisotopic (exact) mass is 450 g/mol. The van der Waals surface area contributed by atoms with Crippen LogP contribution in [0, 0.1) is 11.8 Å². The molecule has 33 heavy (non-hydrogen) atoms. The van der Waals surface area contributed by atoms with Crippen molar-refractivity contribution < 1.29 is 19.6 Å². The number of hydrogen-bond donors (Lipinski definition) is 4. The first-order valence-electron chi connectivity index (χ1n) is 11.8. The van der Waals surface area contributed by atoms with Gasteiger partial charge in [0.2, 0.25) is 11.8 Å². The van der Waals surface area contributed by atoms with Gasteiger partial charge in [0.1, 0.15) is 6.04 Å². The smallest absolute Gasteiger partial charge is 0.426 e. The largest absolute Gasteiger partial charge is 0.475 e. The molecule has 2 atom stereocenters. The normalized spacial score (nSPS) is 14.5. The van der Waals surface area contributed by atoms with Crippen LogP contribution in [0.1, 0.15) is 64.0 Å². The summed E-state index contributed by atoms with van der Waals surface area (Å²) >= 11 is 0. The minimum Gasteiger partial charge on any atom is -0.426 e. The predicted molar refractivity (Wildman–Crippen MR) is 131 cm³/mol. The van der Waals surface area contributed by atoms with Gasteiger partial charge in [-0.15, -0.1) is 0 Å². The lowest BCUT2D eigenvalue weighted by Gasteiger charge is -2.25. The van der Waals surface area contributed by atoms with E-state index in [0.29, 0.717) is 12.8 Å². The number of carbonyl (C=O) groups is 2. The maximum absolute atomic E-state index is 13.1. The van der Waals surface area contributed by atoms with Crippen molar-refractivity contribution in [2.45, 2.75) is 64.9 Å². The molecular weight excluding hydrogens is 415 g/mol. The van der Waals surface area contributed by atoms with Gasteiger partial charge < -0.3 is 20.7 Å². The fourth-order valence-electron chi connectivity index (χ4n) is 4.67. The minimum absolute atomic E-state index is 0.0619. The second kappa shape index (κ2) is 11.0. The first-order chi connectivity index (χ1) is 15.7. The highest BCUT2D eigenvalue weighted by Gasteiger charge is 2.33. The molecule has 1 aliphatic rings. The van der Waals surface area contributed by atoms with Gasteiger partial charge in [-0.2, -0.15) is 0 Å². The highest BCUT2D eigenvalue weighted by Crippen LogP contribution is 2.45. The summed E-state index contributed by atoms with van der Waals surface area (Å²) < 4.78 is 0. The van der Waals surface area contributed by atoms with Crippen molar-refractivity contribution >= 4 is 18.9 Å². The summed E-state index contributed by atoms with van der Waals surface area (Å²) in [5.74, 6) is -1.07. The highest BCUT2D eigenvalue weighted by atomic mass is 16.4. The molecule has 7 heteroatoms. The maximum Gasteiger partial charge on any atom is 0.475 e. The van der Waals surface area contributed by atoms with Crippen molar-refractivity contribution in [3.05, 3.63) is 59.7 Å². The SMILES string of the molecule is CC(C)C[C@H](NC(=O)[C@H](CC(C)C)NC(=O)CC1c2ccccc2-c2ccccc21)B(O)O. The van der Waals surface area contributed by atoms with E-state index < -0.39 is 19.1 Å². The molecule has 0 aromatic heterocycles. The van der Waals surface area contributed by atoms with Crippen LogP contribution in [0.2, 0.25) is 0 Å². The molecule has 2 amide bonds. The summed E-state index contributed by atoms with van der Waals surface area (Å²) in [5, 5.41) is 25.0. The van der Waals surface area contributed by atoms with Gasteiger partial charge in [0.25, 0.3) is 0 Å². The van der Waals surface area contributed by atoms with Crippen LogP contribution in [0.4, 0.5) is 0 Å². The number of rotatable bonds is 10. The van der Waals surface area contributed by atoms with Gasteiger partial charge in [-0.3, -0.25) is 9.59 Å². The molecule has 0 unspecified atom stereocenters. The molecule has 176 valence electrons. The van der Waals surface area contributed by atoms with E-state index in [2.05, 4.69) is 34.9 Å². The van der Waals surface area contributed by atoms with Gasteiger partial charge in [0.15, 0.2) is 0 Å². The molecule has 0 spiro atoms. The lowest BCUT2D eigenvalue weighted by Crippen LogP contribution is -2.54. The zero-order valence-corrected chi connectivity index (χ0v) is 19.9. The Bertz CT molecular complexity index is 931. The number of nitrogens with one attached hydrogen (secondary N) is 2. The molecule has 0 aliphatic heterocycles. The molecule has 0 heterocycles. The number of carbonyl (C=O) groups excluding carboxylic acids is 2. The van der Waals surface area contributed by atoms with Gasteiger partial charge in [-0.25, -0.2) is 0 Å². The fourth-order valence-corrected chi connectivity index (χ4v) is 4.67. The molecule has 6 nitrogen and oxygen atoms in total. The van der Waals surface area contributed by atoms with Crippen LogP contribution in [-0.4, -0.2) is 41.0 Å². The predicted octanol–water partition coefficient (Wildman–Crippen LogP) is 3.26. The molecule has 1 aliphatic carbocycles. The molecule has 0 bridgehead atoms. The molecule has 2 aromatic rings. The van der Waals surface area contributed by atoms with Crippen LogP contribution >= 0.6 is 0 Å². The molecule has 4 N–H and O–H groups in total. The zero-order valence-electron chi connectivity index (χ0n) is 19.9. The van der Waals surface area contributed by atoms with E-state index in [1.54, 1.807) is 0 Å². The van der Waals surface area contributed by atoms with Crippen LogP contribution in [0.3, 0.4) is 0 Å². The number of benzene rings is 2. The van der Waals surface area contributed by atoms with Crippen molar-refractivity contribution in [1.82, 2.24) is 10.6 Å². The second-order valence-electron chi connectivity index (χ2n) is 9.84. The van der Waals surface area contributed by atoms with Gasteiger partial charge in [0, 0.05) is 12.3 Å². The summed E-state index contributed by atoms with van der Waals surface area (Å²) in [7, 11) is -1.65. The fraction of sp³-hybridized carbons (Fsp3) is 0.462. The van der Waals surface area contributed by atoms with Crippen molar-refractivity contribution in [3.63, 3.8) is 0 Å². The lowest BCUT2D eigenvalue weighted by atomic mass is 9.75. The Morgan fingerprint density at radius 1 is 0.848 bits per heavy atom. The maximum atomic E-state index is 13.1. The highest BCUT2D eigenvalue weighted by molar-refractivity contribution is 6.43. The third-order valence-electron chi connectivity index (χ3n) is 6.12. The van der Waals surface area contributed by atoms with E-state index in [0.717, 1.165) is 22.3 Å². The Morgan fingerprint density at radius 3 is 1.85 bits per heavy atom. The summed E-state index contributed by atoms with van der Waals surface area (Å²) in [4.78, 5) is 26.1. The van der Waals surface area contributed by atoms with Gasteiger partial charge in [0.05, 0.1) is 5.94 Å². The van der Waals surface area contributed by atoms with Gasteiger partial charge in [-0.1, -0.05) is 76.2 Å². The van der Waals surface area contributed by atoms with E-state index in [1.165, 1.54) is 0 Å². The lowest BCUT2D eigenvalue weighted by molar-refractivity contribution is -0.129. The molecular formula is C26H35BN2O4. The molecule has 3 rings (SSSR count). The summed E-state index contributed by atoms with van der Waals surface area (Å²) in [5.41, 5.74) is 4.55. The first-order valence-corrected chi connectivity index (χ1v) is 11.8. The van der Waals surface area contributed by atoms with Crippen molar-refractivity contribution in [2.75, 3.05) is 0 Å². The Hall–Kier alpha value is -2.64. The van der Waals surface area contributed by atoms with E-state index in [4.69, 9.17) is 0 Å². The summed E-state index contributed by atoms with van der Waals surface area (Å²) in [6.45, 7) is 7.88. The molecule has 0 radical (unpaired) electrons. The van der Waals surface area contributed by atoms with Gasteiger partial charge in [-0.05, 0) is 46.9 Å². The standard InChI is InChI=1S/C26H35BN2O4/c1-16(2)13-23(26(31)29-24(27(32)33)14-17(3)4)28-25(30)15-22-20-11-7-5-9-18(20)19-10-6-8-12-21(19)22/h5-12,16-17,22-24,32-33H,13-15H2,1-4H3,(H,28,30)(H,29,31)/t23-,24-/m0/s1. The molecule has 0 fully saturated rings. The van der Waals surface area contributed by atoms with Crippen LogP contribution < -0.4 is 10.6 Å². The second-order valence-corrected chi connectivity index (χ2v) is 9.84. The zero-order chi connectivity index (χ0) is 24.1. The van der Waals surface area contributed by atoms with Crippen LogP contribution in [-0.2, 0) is 9.59 Å². The Morgan fingerprint density at radius 2 is 1.36 bits per heavy atom. The number of fused-ring (bicyclic) bond motifs is 3. The average Bonchev–Trinajstić information content (AvgIpc) is 3.06. The number of hydrogen-bond acceptors (Lipinski definition) is 4. The van der Waals surface area contributed by atoms with E-state index in [1.807, 2.05) is 52.0 Å². The van der Waals surface area contributed by atoms with E-state index >= 15 is 0 Å². The first kappa shape index (κ1) is 25.0. The molecule has 0 saturated heterocycles. The quantitative estimate of drug-likeness (QED) is 0.418. The van der Waals surface area contributed by atoms with Crippen molar-refractivity contribution in [3.8, 4) is 11.1 Å². The molecule has 0 saturated carbocycles. The van der Waals surface area contributed by atoms with E-state index in [-0.39, 0.29) is 36.0 Å². The molecule has 2 aromatic carbocycles. The summed E-state index contributed by atoms with van der Waals surface area (Å²) in [6.07, 6.45) is 1.14. The van der Waals surface area contributed by atoms with Crippen LogP contribution in [0.15, 0.2) is 48.5 Å². The minimum atomic E-state index is -1.65. The Balaban J connectivity index is 1.74. The third kappa shape index (κ3) is 6.24. The third-order valence-corrected chi connectivity index (χ3v) is 6.12.